The number of carbonyl (C=O) groups excluding carboxylic acids is 2. The smallest absolute Gasteiger partial charge is 0.330 e. The quantitative estimate of drug-likeness (QED) is 0.167. The Morgan fingerprint density at radius 2 is 1.09 bits per heavy atom. The van der Waals surface area contributed by atoms with Gasteiger partial charge in [-0.15, -0.1) is 0 Å². The van der Waals surface area contributed by atoms with Gasteiger partial charge in [-0.1, -0.05) is 43.0 Å². The van der Waals surface area contributed by atoms with E-state index in [2.05, 4.69) is 70.7 Å². The van der Waals surface area contributed by atoms with Crippen LogP contribution in [-0.2, 0) is 19.1 Å². The summed E-state index contributed by atoms with van der Waals surface area (Å²) in [4.78, 5) is 24.5. The van der Waals surface area contributed by atoms with Gasteiger partial charge in [0.1, 0.15) is 11.2 Å². The third kappa shape index (κ3) is 6.02. The van der Waals surface area contributed by atoms with E-state index in [-0.39, 0.29) is 39.9 Å². The number of allylic oxidation sites excluding steroid dienone is 6. The zero-order valence-corrected chi connectivity index (χ0v) is 29.2. The highest BCUT2D eigenvalue weighted by Gasteiger charge is 2.60. The SMILES string of the molecule is C1=CCC=C1.C=CC(=O)OC(C)(C)C12CC3CC(CC(C3)C1)C2.CC(C)(OC(=O)C1CC2C=CC1C2)C12CC3CC(CC(C3)C1)C2. The van der Waals surface area contributed by atoms with Crippen LogP contribution in [0.4, 0.5) is 0 Å². The van der Waals surface area contributed by atoms with Gasteiger partial charge in [0.15, 0.2) is 0 Å². The maximum Gasteiger partial charge on any atom is 0.330 e. The number of hydrogen-bond acceptors (Lipinski definition) is 4. The first kappa shape index (κ1) is 32.4. The monoisotopic (exact) mass is 628 g/mol. The summed E-state index contributed by atoms with van der Waals surface area (Å²) in [5.74, 6) is 6.45. The van der Waals surface area contributed by atoms with Crippen molar-refractivity contribution < 1.29 is 19.1 Å². The first-order chi connectivity index (χ1) is 21.9. The molecule has 3 unspecified atom stereocenters. The van der Waals surface area contributed by atoms with Crippen molar-refractivity contribution in [2.75, 3.05) is 0 Å². The van der Waals surface area contributed by atoms with Crippen LogP contribution in [0, 0.1) is 64.1 Å². The third-order valence-corrected chi connectivity index (χ3v) is 14.7. The molecule has 11 aliphatic carbocycles. The molecule has 4 heteroatoms. The van der Waals surface area contributed by atoms with Crippen LogP contribution in [0.25, 0.3) is 0 Å². The van der Waals surface area contributed by atoms with Gasteiger partial charge >= 0.3 is 11.9 Å². The Hall–Kier alpha value is -2.10. The molecular weight excluding hydrogens is 568 g/mol. The molecule has 0 aliphatic heterocycles. The average Bonchev–Trinajstić information content (AvgIpc) is 3.77. The maximum atomic E-state index is 12.9. The molecule has 252 valence electrons. The minimum Gasteiger partial charge on any atom is -0.459 e. The van der Waals surface area contributed by atoms with Gasteiger partial charge in [-0.3, -0.25) is 4.79 Å². The van der Waals surface area contributed by atoms with E-state index in [9.17, 15) is 9.59 Å². The molecule has 11 rings (SSSR count). The van der Waals surface area contributed by atoms with Crippen molar-refractivity contribution >= 4 is 11.9 Å². The van der Waals surface area contributed by atoms with Gasteiger partial charge in [0.2, 0.25) is 0 Å². The normalized spacial score (nSPS) is 43.2. The number of carbonyl (C=O) groups is 2. The number of fused-ring (bicyclic) bond motifs is 2. The van der Waals surface area contributed by atoms with Crippen molar-refractivity contribution in [2.24, 2.45) is 64.1 Å². The van der Waals surface area contributed by atoms with Gasteiger partial charge < -0.3 is 9.47 Å². The first-order valence-corrected chi connectivity index (χ1v) is 19.0. The van der Waals surface area contributed by atoms with E-state index >= 15 is 0 Å². The van der Waals surface area contributed by atoms with E-state index in [1.165, 1.54) is 89.5 Å². The highest BCUT2D eigenvalue weighted by atomic mass is 16.6. The second-order valence-corrected chi connectivity index (χ2v) is 18.4. The highest BCUT2D eigenvalue weighted by Crippen LogP contribution is 2.65. The molecule has 0 saturated heterocycles. The van der Waals surface area contributed by atoms with Gasteiger partial charge in [-0.2, -0.15) is 0 Å². The van der Waals surface area contributed by atoms with Crippen molar-refractivity contribution in [2.45, 2.75) is 135 Å². The Bertz CT molecular complexity index is 1200. The molecule has 0 aromatic heterocycles. The Morgan fingerprint density at radius 3 is 1.41 bits per heavy atom. The van der Waals surface area contributed by atoms with Crippen LogP contribution < -0.4 is 0 Å². The molecule has 9 saturated carbocycles. The summed E-state index contributed by atoms with van der Waals surface area (Å²) in [6.45, 7) is 12.2. The van der Waals surface area contributed by atoms with Gasteiger partial charge in [-0.05, 0) is 171 Å². The van der Waals surface area contributed by atoms with Crippen LogP contribution in [0.1, 0.15) is 124 Å². The summed E-state index contributed by atoms with van der Waals surface area (Å²) >= 11 is 0. The van der Waals surface area contributed by atoms with Crippen LogP contribution in [0.2, 0.25) is 0 Å². The lowest BCUT2D eigenvalue weighted by Gasteiger charge is -2.61. The van der Waals surface area contributed by atoms with Gasteiger partial charge in [0, 0.05) is 16.9 Å². The van der Waals surface area contributed by atoms with E-state index in [4.69, 9.17) is 9.47 Å². The molecule has 0 aromatic carbocycles. The molecule has 3 atom stereocenters. The van der Waals surface area contributed by atoms with E-state index in [0.717, 1.165) is 48.3 Å². The number of rotatable bonds is 6. The lowest BCUT2D eigenvalue weighted by molar-refractivity contribution is -0.202. The minimum absolute atomic E-state index is 0.0996. The van der Waals surface area contributed by atoms with Gasteiger partial charge in [0.25, 0.3) is 0 Å². The summed E-state index contributed by atoms with van der Waals surface area (Å²) in [7, 11) is 0. The molecule has 4 nitrogen and oxygen atoms in total. The Morgan fingerprint density at radius 1 is 0.652 bits per heavy atom. The van der Waals surface area contributed by atoms with Gasteiger partial charge in [0.05, 0.1) is 5.92 Å². The lowest BCUT2D eigenvalue weighted by atomic mass is 9.46. The fourth-order valence-corrected chi connectivity index (χ4v) is 13.0. The Kier molecular flexibility index (Phi) is 8.53. The predicted molar refractivity (Wildman–Crippen MR) is 183 cm³/mol. The number of esters is 2. The summed E-state index contributed by atoms with van der Waals surface area (Å²) in [6.07, 6.45) is 33.8. The van der Waals surface area contributed by atoms with E-state index in [1.54, 1.807) is 0 Å². The topological polar surface area (TPSA) is 52.6 Å². The molecule has 9 fully saturated rings. The van der Waals surface area contributed by atoms with Crippen molar-refractivity contribution in [3.05, 3.63) is 49.1 Å². The molecule has 0 amide bonds. The van der Waals surface area contributed by atoms with E-state index in [0.29, 0.717) is 11.8 Å². The molecule has 10 bridgehead atoms. The second kappa shape index (κ2) is 12.1. The molecule has 0 N–H and O–H groups in total. The molecule has 0 aromatic rings. The molecule has 0 spiro atoms. The van der Waals surface area contributed by atoms with Crippen molar-refractivity contribution in [3.8, 4) is 0 Å². The second-order valence-electron chi connectivity index (χ2n) is 18.4. The maximum absolute atomic E-state index is 12.9. The third-order valence-electron chi connectivity index (χ3n) is 14.7. The molecule has 46 heavy (non-hydrogen) atoms. The standard InChI is InChI=1S/C21H30O2.C16H24O2.C5H6/c1-20(2,23-19(22)18-9-13-3-4-17(18)8-13)21-10-14-5-15(11-21)7-16(6-14)12-21;1-4-14(17)18-15(2,3)16-8-11-5-12(9-16)7-13(6-11)10-16;1-2-4-5-3-1/h3-4,13-18H,5-12H2,1-2H3;4,11-13H,1,5-10H2,2-3H3;1-4H,5H2. The van der Waals surface area contributed by atoms with Gasteiger partial charge in [-0.25, -0.2) is 4.79 Å². The zero-order chi connectivity index (χ0) is 32.3. The summed E-state index contributed by atoms with van der Waals surface area (Å²) < 4.78 is 12.0. The Labute approximate surface area is 278 Å². The zero-order valence-electron chi connectivity index (χ0n) is 29.2. The summed E-state index contributed by atoms with van der Waals surface area (Å²) in [5.41, 5.74) is -0.120. The Balaban J connectivity index is 0.000000131. The van der Waals surface area contributed by atoms with Crippen LogP contribution in [0.5, 0.6) is 0 Å². The highest BCUT2D eigenvalue weighted by molar-refractivity contribution is 5.81. The lowest BCUT2D eigenvalue weighted by Crippen LogP contribution is -2.57. The van der Waals surface area contributed by atoms with Crippen molar-refractivity contribution in [1.29, 1.82) is 0 Å². The summed E-state index contributed by atoms with van der Waals surface area (Å²) in [6, 6.07) is 0. The predicted octanol–water partition coefficient (Wildman–Crippen LogP) is 9.95. The van der Waals surface area contributed by atoms with E-state index < -0.39 is 0 Å². The summed E-state index contributed by atoms with van der Waals surface area (Å²) in [5, 5.41) is 0. The van der Waals surface area contributed by atoms with Crippen molar-refractivity contribution in [1.82, 2.24) is 0 Å². The molecule has 11 aliphatic rings. The van der Waals surface area contributed by atoms with Crippen LogP contribution in [-0.4, -0.2) is 23.1 Å². The molecule has 0 heterocycles. The molecular formula is C42H60O4. The number of ether oxygens (including phenoxy) is 2. The van der Waals surface area contributed by atoms with Crippen LogP contribution in [0.3, 0.4) is 0 Å². The first-order valence-electron chi connectivity index (χ1n) is 19.0. The molecule has 0 radical (unpaired) electrons. The fourth-order valence-electron chi connectivity index (χ4n) is 13.0. The van der Waals surface area contributed by atoms with Crippen LogP contribution in [0.15, 0.2) is 49.1 Å². The van der Waals surface area contributed by atoms with Crippen molar-refractivity contribution in [3.63, 3.8) is 0 Å². The average molecular weight is 629 g/mol. The van der Waals surface area contributed by atoms with E-state index in [1.807, 2.05) is 0 Å². The largest absolute Gasteiger partial charge is 0.459 e. The number of hydrogen-bond donors (Lipinski definition) is 0. The minimum atomic E-state index is -0.339. The van der Waals surface area contributed by atoms with Crippen LogP contribution >= 0.6 is 0 Å². The fraction of sp³-hybridized carbons (Fsp3) is 0.762.